The van der Waals surface area contributed by atoms with Gasteiger partial charge in [-0.05, 0) is 60.2 Å². The Morgan fingerprint density at radius 1 is 1.05 bits per heavy atom. The lowest BCUT2D eigenvalue weighted by Crippen LogP contribution is -2.22. The molecule has 1 aromatic carbocycles. The van der Waals surface area contributed by atoms with Crippen LogP contribution in [0.15, 0.2) is 42.7 Å². The molecule has 19 heavy (non-hydrogen) atoms. The summed E-state index contributed by atoms with van der Waals surface area (Å²) in [6.07, 6.45) is 7.52. The Morgan fingerprint density at radius 2 is 1.84 bits per heavy atom. The number of hydrogen-bond acceptors (Lipinski definition) is 2. The average Bonchev–Trinajstić information content (AvgIpc) is 2.93. The first-order valence-electron chi connectivity index (χ1n) is 7.13. The monoisotopic (exact) mass is 252 g/mol. The molecule has 2 aromatic rings. The molecule has 0 bridgehead atoms. The Labute approximate surface area is 114 Å². The molecule has 0 spiro atoms. The van der Waals surface area contributed by atoms with Crippen molar-refractivity contribution in [3.8, 4) is 0 Å². The first-order chi connectivity index (χ1) is 9.38. The van der Waals surface area contributed by atoms with E-state index in [2.05, 4.69) is 47.6 Å². The third-order valence-electron chi connectivity index (χ3n) is 3.90. The summed E-state index contributed by atoms with van der Waals surface area (Å²) in [5.41, 5.74) is 5.73. The summed E-state index contributed by atoms with van der Waals surface area (Å²) in [6, 6.07) is 11.4. The van der Waals surface area contributed by atoms with Crippen molar-refractivity contribution in [2.75, 3.05) is 6.54 Å². The van der Waals surface area contributed by atoms with Crippen molar-refractivity contribution >= 4 is 0 Å². The molecule has 0 aliphatic heterocycles. The number of benzene rings is 1. The van der Waals surface area contributed by atoms with Gasteiger partial charge >= 0.3 is 0 Å². The molecular formula is C17H20N2. The predicted octanol–water partition coefficient (Wildman–Crippen LogP) is 3.27. The van der Waals surface area contributed by atoms with Crippen molar-refractivity contribution in [1.82, 2.24) is 10.3 Å². The van der Waals surface area contributed by atoms with E-state index < -0.39 is 0 Å². The van der Waals surface area contributed by atoms with Crippen molar-refractivity contribution in [2.45, 2.75) is 32.2 Å². The van der Waals surface area contributed by atoms with E-state index in [0.29, 0.717) is 0 Å². The van der Waals surface area contributed by atoms with Crippen molar-refractivity contribution in [3.63, 3.8) is 0 Å². The summed E-state index contributed by atoms with van der Waals surface area (Å²) < 4.78 is 0. The minimum atomic E-state index is 0.277. The lowest BCUT2D eigenvalue weighted by atomic mass is 9.96. The van der Waals surface area contributed by atoms with E-state index in [9.17, 15) is 0 Å². The van der Waals surface area contributed by atoms with E-state index in [1.165, 1.54) is 41.5 Å². The van der Waals surface area contributed by atoms with Gasteiger partial charge in [-0.1, -0.05) is 25.1 Å². The van der Waals surface area contributed by atoms with Gasteiger partial charge in [-0.25, -0.2) is 0 Å². The molecule has 0 amide bonds. The molecule has 1 heterocycles. The Bertz CT molecular complexity index is 548. The fourth-order valence-corrected chi connectivity index (χ4v) is 2.96. The Balaban J connectivity index is 1.96. The van der Waals surface area contributed by atoms with E-state index in [1.54, 1.807) is 0 Å². The zero-order valence-corrected chi connectivity index (χ0v) is 11.4. The molecule has 98 valence electrons. The molecule has 2 nitrogen and oxygen atoms in total. The number of hydrogen-bond donors (Lipinski definition) is 1. The smallest absolute Gasteiger partial charge is 0.0577 e. The molecule has 2 heteroatoms. The van der Waals surface area contributed by atoms with Crippen LogP contribution in [0, 0.1) is 0 Å². The van der Waals surface area contributed by atoms with Gasteiger partial charge in [0, 0.05) is 12.4 Å². The Hall–Kier alpha value is -1.67. The van der Waals surface area contributed by atoms with Gasteiger partial charge < -0.3 is 5.32 Å². The van der Waals surface area contributed by atoms with Crippen LogP contribution in [-0.4, -0.2) is 11.5 Å². The number of fused-ring (bicyclic) bond motifs is 1. The zero-order chi connectivity index (χ0) is 13.1. The second-order valence-corrected chi connectivity index (χ2v) is 5.15. The standard InChI is InChI=1S/C17H20N2/c1-2-19-17(14-8-10-18-11-9-14)16-7-6-13-4-3-5-15(13)12-16/h6-12,17,19H,2-5H2,1H3. The summed E-state index contributed by atoms with van der Waals surface area (Å²) in [4.78, 5) is 4.11. The highest BCUT2D eigenvalue weighted by atomic mass is 14.9. The fourth-order valence-electron chi connectivity index (χ4n) is 2.96. The first-order valence-corrected chi connectivity index (χ1v) is 7.13. The lowest BCUT2D eigenvalue weighted by Gasteiger charge is -2.19. The molecule has 1 aliphatic carbocycles. The van der Waals surface area contributed by atoms with E-state index in [4.69, 9.17) is 0 Å². The van der Waals surface area contributed by atoms with Crippen LogP contribution in [0.3, 0.4) is 0 Å². The second-order valence-electron chi connectivity index (χ2n) is 5.15. The molecule has 3 rings (SSSR count). The third-order valence-corrected chi connectivity index (χ3v) is 3.90. The van der Waals surface area contributed by atoms with Crippen LogP contribution < -0.4 is 5.32 Å². The average molecular weight is 252 g/mol. The minimum absolute atomic E-state index is 0.277. The summed E-state index contributed by atoms with van der Waals surface area (Å²) in [6.45, 7) is 3.12. The first kappa shape index (κ1) is 12.4. The van der Waals surface area contributed by atoms with Crippen LogP contribution in [0.1, 0.15) is 41.6 Å². The maximum absolute atomic E-state index is 4.11. The molecule has 1 unspecified atom stereocenters. The molecule has 1 aromatic heterocycles. The highest BCUT2D eigenvalue weighted by Gasteiger charge is 2.16. The van der Waals surface area contributed by atoms with Crippen LogP contribution in [0.2, 0.25) is 0 Å². The molecule has 0 radical (unpaired) electrons. The number of aryl methyl sites for hydroxylation is 2. The quantitative estimate of drug-likeness (QED) is 0.903. The number of rotatable bonds is 4. The maximum Gasteiger partial charge on any atom is 0.0577 e. The van der Waals surface area contributed by atoms with E-state index in [1.807, 2.05) is 12.4 Å². The molecule has 1 aliphatic rings. The van der Waals surface area contributed by atoms with Gasteiger partial charge in [-0.3, -0.25) is 4.98 Å². The summed E-state index contributed by atoms with van der Waals surface area (Å²) >= 11 is 0. The molecule has 0 saturated heterocycles. The van der Waals surface area contributed by atoms with Gasteiger partial charge in [0.25, 0.3) is 0 Å². The number of aromatic nitrogens is 1. The van der Waals surface area contributed by atoms with Gasteiger partial charge in [-0.2, -0.15) is 0 Å². The highest BCUT2D eigenvalue weighted by Crippen LogP contribution is 2.28. The third kappa shape index (κ3) is 2.54. The number of pyridine rings is 1. The highest BCUT2D eigenvalue weighted by molar-refractivity contribution is 5.39. The normalized spacial score (nSPS) is 15.2. The molecule has 0 fully saturated rings. The number of nitrogens with zero attached hydrogens (tertiary/aromatic N) is 1. The van der Waals surface area contributed by atoms with Crippen LogP contribution in [0.4, 0.5) is 0 Å². The molecule has 0 saturated carbocycles. The van der Waals surface area contributed by atoms with Crippen LogP contribution in [0.25, 0.3) is 0 Å². The SMILES string of the molecule is CCNC(c1ccncc1)c1ccc2c(c1)CCC2. The van der Waals surface area contributed by atoms with E-state index >= 15 is 0 Å². The van der Waals surface area contributed by atoms with Gasteiger partial charge in [0.05, 0.1) is 6.04 Å². The van der Waals surface area contributed by atoms with Gasteiger partial charge in [0.1, 0.15) is 0 Å². The summed E-state index contributed by atoms with van der Waals surface area (Å²) in [7, 11) is 0. The fraction of sp³-hybridized carbons (Fsp3) is 0.353. The topological polar surface area (TPSA) is 24.9 Å². The van der Waals surface area contributed by atoms with Crippen molar-refractivity contribution in [1.29, 1.82) is 0 Å². The van der Waals surface area contributed by atoms with Crippen molar-refractivity contribution in [2.24, 2.45) is 0 Å². The number of nitrogens with one attached hydrogen (secondary N) is 1. The van der Waals surface area contributed by atoms with Gasteiger partial charge in [0.15, 0.2) is 0 Å². The summed E-state index contributed by atoms with van der Waals surface area (Å²) in [5, 5.41) is 3.58. The minimum Gasteiger partial charge on any atom is -0.307 e. The molecule has 1 N–H and O–H groups in total. The predicted molar refractivity (Wildman–Crippen MR) is 78.2 cm³/mol. The van der Waals surface area contributed by atoms with Crippen molar-refractivity contribution < 1.29 is 0 Å². The van der Waals surface area contributed by atoms with Crippen LogP contribution in [0.5, 0.6) is 0 Å². The zero-order valence-electron chi connectivity index (χ0n) is 11.4. The maximum atomic E-state index is 4.11. The molecule has 1 atom stereocenters. The largest absolute Gasteiger partial charge is 0.307 e. The lowest BCUT2D eigenvalue weighted by molar-refractivity contribution is 0.629. The van der Waals surface area contributed by atoms with Gasteiger partial charge in [0.2, 0.25) is 0 Å². The van der Waals surface area contributed by atoms with Gasteiger partial charge in [-0.15, -0.1) is 0 Å². The van der Waals surface area contributed by atoms with E-state index in [-0.39, 0.29) is 6.04 Å². The van der Waals surface area contributed by atoms with Crippen LogP contribution >= 0.6 is 0 Å². The Morgan fingerprint density at radius 3 is 2.63 bits per heavy atom. The van der Waals surface area contributed by atoms with Crippen molar-refractivity contribution in [3.05, 3.63) is 65.0 Å². The van der Waals surface area contributed by atoms with E-state index in [0.717, 1.165) is 6.54 Å². The summed E-state index contributed by atoms with van der Waals surface area (Å²) in [5.74, 6) is 0. The molecular weight excluding hydrogens is 232 g/mol. The second kappa shape index (κ2) is 5.54. The Kier molecular flexibility index (Phi) is 3.60. The van der Waals surface area contributed by atoms with Crippen LogP contribution in [-0.2, 0) is 12.8 Å².